The van der Waals surface area contributed by atoms with Gasteiger partial charge in [0.25, 0.3) is 10.0 Å². The van der Waals surface area contributed by atoms with Gasteiger partial charge in [-0.25, -0.2) is 31.1 Å². The van der Waals surface area contributed by atoms with Crippen molar-refractivity contribution in [3.8, 4) is 0 Å². The van der Waals surface area contributed by atoms with Crippen LogP contribution >= 0.6 is 0 Å². The summed E-state index contributed by atoms with van der Waals surface area (Å²) in [5.74, 6) is -0.218. The van der Waals surface area contributed by atoms with Crippen LogP contribution in [0.25, 0.3) is 0 Å². The van der Waals surface area contributed by atoms with Gasteiger partial charge in [-0.2, -0.15) is 0 Å². The third kappa shape index (κ3) is 7.70. The predicted molar refractivity (Wildman–Crippen MR) is 125 cm³/mol. The number of benzene rings is 2. The van der Waals surface area contributed by atoms with Gasteiger partial charge in [0.05, 0.1) is 16.2 Å². The third-order valence-corrected chi connectivity index (χ3v) is 7.56. The summed E-state index contributed by atoms with van der Waals surface area (Å²) in [4.78, 5) is 33.5. The molecule has 0 saturated heterocycles. The molecule has 0 aliphatic heterocycles. The molecule has 2 aliphatic carbocycles. The molecule has 35 heavy (non-hydrogen) atoms. The van der Waals surface area contributed by atoms with E-state index in [1.165, 1.54) is 54.6 Å². The van der Waals surface area contributed by atoms with Crippen LogP contribution in [0.15, 0.2) is 94.8 Å². The Morgan fingerprint density at radius 2 is 1.26 bits per heavy atom. The first-order valence-electron chi connectivity index (χ1n) is 10.3. The number of nitrogens with one attached hydrogen (secondary N) is 2. The molecule has 2 aliphatic rings. The van der Waals surface area contributed by atoms with Gasteiger partial charge in [-0.3, -0.25) is 9.59 Å². The van der Waals surface area contributed by atoms with E-state index in [1.54, 1.807) is 35.1 Å². The normalized spacial score (nSPS) is 19.2. The van der Waals surface area contributed by atoms with Gasteiger partial charge in [-0.05, 0) is 42.5 Å². The molecule has 2 aromatic rings. The summed E-state index contributed by atoms with van der Waals surface area (Å²) in [5.41, 5.74) is 0. The smallest absolute Gasteiger partial charge is 0.421 e. The Morgan fingerprint density at radius 3 is 1.74 bits per heavy atom. The standard InChI is InChI=1S/C12H11NO5S.C11H11NO3S/c14-9-6-7-10(8-9)18-12(15)13-19(16,17)11-4-2-1-3-5-11;13-10-7-6-9(8-10)12-16(14,15)11-4-2-1-3-5-11/h1-7,10H,8H2,(H,13,15);1-7,9,12H,8H2. The molecular formula is C23H22N2O8S2. The average Bonchev–Trinajstić information content (AvgIpc) is 3.41. The first kappa shape index (κ1) is 26.0. The van der Waals surface area contributed by atoms with E-state index in [0.717, 1.165) is 0 Å². The van der Waals surface area contributed by atoms with E-state index in [9.17, 15) is 31.2 Å². The minimum atomic E-state index is -3.95. The fourth-order valence-electron chi connectivity index (χ4n) is 3.08. The Morgan fingerprint density at radius 1 is 0.743 bits per heavy atom. The molecule has 2 N–H and O–H groups in total. The van der Waals surface area contributed by atoms with Gasteiger partial charge in [-0.1, -0.05) is 42.5 Å². The second kappa shape index (κ2) is 11.2. The number of allylic oxidation sites excluding steroid dienone is 2. The molecule has 0 spiro atoms. The van der Waals surface area contributed by atoms with E-state index in [4.69, 9.17) is 4.74 Å². The molecule has 184 valence electrons. The number of carbonyl (C=O) groups is 3. The number of hydrogen-bond donors (Lipinski definition) is 2. The lowest BCUT2D eigenvalue weighted by Crippen LogP contribution is -2.33. The van der Waals surface area contributed by atoms with Crippen LogP contribution in [0.1, 0.15) is 12.8 Å². The van der Waals surface area contributed by atoms with Crippen molar-refractivity contribution in [2.45, 2.75) is 34.8 Å². The molecule has 0 radical (unpaired) electrons. The molecule has 0 heterocycles. The van der Waals surface area contributed by atoms with Crippen molar-refractivity contribution in [2.75, 3.05) is 0 Å². The van der Waals surface area contributed by atoms with Gasteiger partial charge in [0.1, 0.15) is 6.10 Å². The summed E-state index contributed by atoms with van der Waals surface area (Å²) in [6, 6.07) is 15.1. The molecule has 4 rings (SSSR count). The van der Waals surface area contributed by atoms with Gasteiger partial charge in [0, 0.05) is 12.5 Å². The Labute approximate surface area is 202 Å². The molecular weight excluding hydrogens is 496 g/mol. The maximum absolute atomic E-state index is 11.8. The van der Waals surface area contributed by atoms with Crippen LogP contribution in [-0.4, -0.2) is 46.6 Å². The first-order valence-corrected chi connectivity index (χ1v) is 13.3. The maximum atomic E-state index is 11.8. The molecule has 0 saturated carbocycles. The Hall–Kier alpha value is -3.61. The molecule has 0 bridgehead atoms. The SMILES string of the molecule is O=C1C=CC(NS(=O)(=O)c2ccccc2)C1.O=C1C=CC(OC(=O)NS(=O)(=O)c2ccccc2)C1. The third-order valence-electron chi connectivity index (χ3n) is 4.72. The van der Waals surface area contributed by atoms with Crippen molar-refractivity contribution < 1.29 is 36.0 Å². The summed E-state index contributed by atoms with van der Waals surface area (Å²) in [5, 5.41) is 0. The van der Waals surface area contributed by atoms with E-state index < -0.39 is 38.3 Å². The molecule has 1 amide bonds. The fourth-order valence-corrected chi connectivity index (χ4v) is 5.20. The van der Waals surface area contributed by atoms with Gasteiger partial charge in [0.15, 0.2) is 11.6 Å². The number of ketones is 2. The van der Waals surface area contributed by atoms with Crippen molar-refractivity contribution in [1.29, 1.82) is 0 Å². The van der Waals surface area contributed by atoms with E-state index in [1.807, 2.05) is 0 Å². The highest BCUT2D eigenvalue weighted by Gasteiger charge is 2.24. The lowest BCUT2D eigenvalue weighted by Gasteiger charge is -2.11. The van der Waals surface area contributed by atoms with Crippen LogP contribution in [0, 0.1) is 0 Å². The predicted octanol–water partition coefficient (Wildman–Crippen LogP) is 1.86. The number of ether oxygens (including phenoxy) is 1. The highest BCUT2D eigenvalue weighted by molar-refractivity contribution is 7.90. The zero-order valence-corrected chi connectivity index (χ0v) is 19.9. The Bertz CT molecular complexity index is 1350. The molecule has 2 unspecified atom stereocenters. The van der Waals surface area contributed by atoms with Gasteiger partial charge < -0.3 is 4.74 Å². The lowest BCUT2D eigenvalue weighted by molar-refractivity contribution is -0.115. The summed E-state index contributed by atoms with van der Waals surface area (Å²) >= 11 is 0. The number of sulfonamides is 2. The summed E-state index contributed by atoms with van der Waals surface area (Å²) in [6.45, 7) is 0. The van der Waals surface area contributed by atoms with E-state index in [2.05, 4.69) is 4.72 Å². The Balaban J connectivity index is 0.000000198. The van der Waals surface area contributed by atoms with Crippen molar-refractivity contribution in [2.24, 2.45) is 0 Å². The van der Waals surface area contributed by atoms with Crippen molar-refractivity contribution in [3.63, 3.8) is 0 Å². The minimum absolute atomic E-state index is 0.0370. The van der Waals surface area contributed by atoms with Crippen LogP contribution in [0.4, 0.5) is 4.79 Å². The average molecular weight is 519 g/mol. The van der Waals surface area contributed by atoms with Crippen LogP contribution in [0.3, 0.4) is 0 Å². The molecule has 0 fully saturated rings. The van der Waals surface area contributed by atoms with Gasteiger partial charge >= 0.3 is 6.09 Å². The number of amides is 1. The molecule has 2 aromatic carbocycles. The van der Waals surface area contributed by atoms with E-state index >= 15 is 0 Å². The second-order valence-electron chi connectivity index (χ2n) is 7.46. The van der Waals surface area contributed by atoms with Gasteiger partial charge in [0.2, 0.25) is 10.0 Å². The number of hydrogen-bond acceptors (Lipinski definition) is 8. The fraction of sp³-hybridized carbons (Fsp3) is 0.174. The quantitative estimate of drug-likeness (QED) is 0.588. The van der Waals surface area contributed by atoms with E-state index in [-0.39, 0.29) is 34.2 Å². The van der Waals surface area contributed by atoms with Crippen LogP contribution in [-0.2, 0) is 34.4 Å². The van der Waals surface area contributed by atoms with Crippen molar-refractivity contribution >= 4 is 37.7 Å². The topological polar surface area (TPSA) is 153 Å². The minimum Gasteiger partial charge on any atom is -0.441 e. The molecule has 12 heteroatoms. The zero-order valence-electron chi connectivity index (χ0n) is 18.2. The number of carbonyl (C=O) groups excluding carboxylic acids is 3. The summed E-state index contributed by atoms with van der Waals surface area (Å²) < 4.78 is 56.3. The maximum Gasteiger partial charge on any atom is 0.421 e. The van der Waals surface area contributed by atoms with Crippen LogP contribution < -0.4 is 9.44 Å². The Kier molecular flexibility index (Phi) is 8.33. The van der Waals surface area contributed by atoms with Crippen LogP contribution in [0.5, 0.6) is 0 Å². The highest BCUT2D eigenvalue weighted by Crippen LogP contribution is 2.13. The van der Waals surface area contributed by atoms with Crippen molar-refractivity contribution in [3.05, 3.63) is 85.0 Å². The highest BCUT2D eigenvalue weighted by atomic mass is 32.2. The monoisotopic (exact) mass is 518 g/mol. The number of rotatable bonds is 6. The lowest BCUT2D eigenvalue weighted by atomic mass is 10.3. The van der Waals surface area contributed by atoms with E-state index in [0.29, 0.717) is 0 Å². The van der Waals surface area contributed by atoms with Gasteiger partial charge in [-0.15, -0.1) is 0 Å². The van der Waals surface area contributed by atoms with Crippen molar-refractivity contribution in [1.82, 2.24) is 9.44 Å². The zero-order chi connectivity index (χ0) is 25.5. The summed E-state index contributed by atoms with van der Waals surface area (Å²) in [6.07, 6.45) is 4.11. The largest absolute Gasteiger partial charge is 0.441 e. The summed E-state index contributed by atoms with van der Waals surface area (Å²) in [7, 11) is -7.47. The molecule has 2 atom stereocenters. The first-order chi connectivity index (χ1) is 16.5. The molecule has 10 nitrogen and oxygen atoms in total. The van der Waals surface area contributed by atoms with Crippen LogP contribution in [0.2, 0.25) is 0 Å². The molecule has 0 aromatic heterocycles. The second-order valence-corrected chi connectivity index (χ2v) is 10.9.